The van der Waals surface area contributed by atoms with Gasteiger partial charge in [0.15, 0.2) is 0 Å². The first-order chi connectivity index (χ1) is 8.65. The van der Waals surface area contributed by atoms with Gasteiger partial charge in [-0.2, -0.15) is 0 Å². The molecule has 100 valence electrons. The second-order valence-corrected chi connectivity index (χ2v) is 5.58. The second-order valence-electron chi connectivity index (χ2n) is 4.78. The lowest BCUT2D eigenvalue weighted by molar-refractivity contribution is 0.0953. The number of carbonyl (C=O) groups excluding carboxylic acids is 1. The van der Waals surface area contributed by atoms with Gasteiger partial charge in [-0.25, -0.2) is 0 Å². The molecule has 0 aliphatic rings. The molecule has 1 N–H and O–H groups in total. The third-order valence-corrected chi connectivity index (χ3v) is 3.50. The van der Waals surface area contributed by atoms with Crippen LogP contribution < -0.4 is 5.32 Å². The van der Waals surface area contributed by atoms with Gasteiger partial charge in [0.1, 0.15) is 0 Å². The van der Waals surface area contributed by atoms with Gasteiger partial charge in [0.2, 0.25) is 0 Å². The average molecular weight is 312 g/mol. The third-order valence-electron chi connectivity index (χ3n) is 2.94. The van der Waals surface area contributed by atoms with E-state index in [4.69, 9.17) is 0 Å². The van der Waals surface area contributed by atoms with Crippen LogP contribution in [0.3, 0.4) is 0 Å². The van der Waals surface area contributed by atoms with Crippen molar-refractivity contribution in [3.05, 3.63) is 35.4 Å². The summed E-state index contributed by atoms with van der Waals surface area (Å²) in [6, 6.07) is 7.88. The van der Waals surface area contributed by atoms with Crippen molar-refractivity contribution in [3.63, 3.8) is 0 Å². The molecule has 1 aromatic carbocycles. The Bertz CT molecular complexity index is 359. The van der Waals surface area contributed by atoms with E-state index in [1.54, 1.807) is 0 Å². The van der Waals surface area contributed by atoms with E-state index in [0.29, 0.717) is 5.92 Å². The maximum Gasteiger partial charge on any atom is 0.251 e. The SMILES string of the molecule is CC(C)c1ccc(C(=O)NCCCCCBr)cc1. The Morgan fingerprint density at radius 2 is 1.83 bits per heavy atom. The molecule has 3 heteroatoms. The second kappa shape index (κ2) is 8.30. The summed E-state index contributed by atoms with van der Waals surface area (Å²) in [5.41, 5.74) is 2.02. The molecule has 0 heterocycles. The fourth-order valence-corrected chi connectivity index (χ4v) is 2.12. The molecule has 1 amide bonds. The van der Waals surface area contributed by atoms with Crippen LogP contribution >= 0.6 is 15.9 Å². The number of alkyl halides is 1. The van der Waals surface area contributed by atoms with E-state index in [-0.39, 0.29) is 5.91 Å². The minimum Gasteiger partial charge on any atom is -0.352 e. The molecule has 0 aliphatic carbocycles. The number of amides is 1. The van der Waals surface area contributed by atoms with Crippen LogP contribution in [0.5, 0.6) is 0 Å². The molecule has 0 saturated carbocycles. The van der Waals surface area contributed by atoms with Crippen LogP contribution in [0, 0.1) is 0 Å². The molecule has 2 nitrogen and oxygen atoms in total. The highest BCUT2D eigenvalue weighted by molar-refractivity contribution is 9.09. The average Bonchev–Trinajstić information content (AvgIpc) is 2.38. The van der Waals surface area contributed by atoms with Crippen molar-refractivity contribution >= 4 is 21.8 Å². The van der Waals surface area contributed by atoms with Crippen LogP contribution in [-0.2, 0) is 0 Å². The monoisotopic (exact) mass is 311 g/mol. The molecule has 0 saturated heterocycles. The molecule has 18 heavy (non-hydrogen) atoms. The van der Waals surface area contributed by atoms with Crippen LogP contribution in [0.1, 0.15) is 54.9 Å². The Hall–Kier alpha value is -0.830. The third kappa shape index (κ3) is 5.21. The number of hydrogen-bond donors (Lipinski definition) is 1. The number of halogens is 1. The first-order valence-corrected chi connectivity index (χ1v) is 7.71. The predicted molar refractivity (Wildman–Crippen MR) is 80.5 cm³/mol. The van der Waals surface area contributed by atoms with Crippen molar-refractivity contribution < 1.29 is 4.79 Å². The normalized spacial score (nSPS) is 10.7. The van der Waals surface area contributed by atoms with Gasteiger partial charge in [0, 0.05) is 17.4 Å². The first-order valence-electron chi connectivity index (χ1n) is 6.59. The summed E-state index contributed by atoms with van der Waals surface area (Å²) in [5.74, 6) is 0.538. The van der Waals surface area contributed by atoms with Crippen molar-refractivity contribution in [2.24, 2.45) is 0 Å². The van der Waals surface area contributed by atoms with Gasteiger partial charge < -0.3 is 5.32 Å². The van der Waals surface area contributed by atoms with E-state index in [0.717, 1.165) is 30.3 Å². The van der Waals surface area contributed by atoms with Gasteiger partial charge in [0.05, 0.1) is 0 Å². The fraction of sp³-hybridized carbons (Fsp3) is 0.533. The predicted octanol–water partition coefficient (Wildman–Crippen LogP) is 4.11. The van der Waals surface area contributed by atoms with Gasteiger partial charge in [0.25, 0.3) is 5.91 Å². The van der Waals surface area contributed by atoms with Crippen LogP contribution in [0.4, 0.5) is 0 Å². The summed E-state index contributed by atoms with van der Waals surface area (Å²) in [4.78, 5) is 11.8. The zero-order valence-corrected chi connectivity index (χ0v) is 12.8. The minimum atomic E-state index is 0.0316. The number of unbranched alkanes of at least 4 members (excludes halogenated alkanes) is 2. The number of nitrogens with one attached hydrogen (secondary N) is 1. The fourth-order valence-electron chi connectivity index (χ4n) is 1.72. The summed E-state index contributed by atoms with van der Waals surface area (Å²) in [6.07, 6.45) is 3.36. The van der Waals surface area contributed by atoms with Gasteiger partial charge in [-0.05, 0) is 36.5 Å². The van der Waals surface area contributed by atoms with Crippen LogP contribution in [0.15, 0.2) is 24.3 Å². The highest BCUT2D eigenvalue weighted by atomic mass is 79.9. The Balaban J connectivity index is 2.37. The largest absolute Gasteiger partial charge is 0.352 e. The highest BCUT2D eigenvalue weighted by Gasteiger charge is 2.05. The molecule has 0 aliphatic heterocycles. The van der Waals surface area contributed by atoms with Gasteiger partial charge in [-0.15, -0.1) is 0 Å². The summed E-state index contributed by atoms with van der Waals surface area (Å²) < 4.78 is 0. The Morgan fingerprint density at radius 1 is 1.17 bits per heavy atom. The van der Waals surface area contributed by atoms with E-state index in [9.17, 15) is 4.79 Å². The Kier molecular flexibility index (Phi) is 7.02. The van der Waals surface area contributed by atoms with Crippen molar-refractivity contribution in [1.29, 1.82) is 0 Å². The summed E-state index contributed by atoms with van der Waals surface area (Å²) in [7, 11) is 0. The lowest BCUT2D eigenvalue weighted by atomic mass is 10.0. The number of rotatable bonds is 7. The molecule has 0 radical (unpaired) electrons. The van der Waals surface area contributed by atoms with E-state index in [1.807, 2.05) is 24.3 Å². The molecular formula is C15H22BrNO. The molecule has 0 spiro atoms. The summed E-state index contributed by atoms with van der Waals surface area (Å²) in [6.45, 7) is 5.07. The van der Waals surface area contributed by atoms with E-state index < -0.39 is 0 Å². The summed E-state index contributed by atoms with van der Waals surface area (Å²) in [5, 5.41) is 3.99. The molecule has 0 atom stereocenters. The Labute approximate surface area is 118 Å². The highest BCUT2D eigenvalue weighted by Crippen LogP contribution is 2.14. The zero-order chi connectivity index (χ0) is 13.4. The van der Waals surface area contributed by atoms with Crippen LogP contribution in [-0.4, -0.2) is 17.8 Å². The topological polar surface area (TPSA) is 29.1 Å². The number of carbonyl (C=O) groups is 1. The molecule has 0 unspecified atom stereocenters. The molecule has 0 fully saturated rings. The van der Waals surface area contributed by atoms with Gasteiger partial charge >= 0.3 is 0 Å². The standard InChI is InChI=1S/C15H22BrNO/c1-12(2)13-6-8-14(9-7-13)15(18)17-11-5-3-4-10-16/h6-9,12H,3-5,10-11H2,1-2H3,(H,17,18). The van der Waals surface area contributed by atoms with E-state index >= 15 is 0 Å². The summed E-state index contributed by atoms with van der Waals surface area (Å²) >= 11 is 3.40. The van der Waals surface area contributed by atoms with Gasteiger partial charge in [-0.3, -0.25) is 4.79 Å². The van der Waals surface area contributed by atoms with Crippen molar-refractivity contribution in [3.8, 4) is 0 Å². The van der Waals surface area contributed by atoms with Crippen LogP contribution in [0.2, 0.25) is 0 Å². The lowest BCUT2D eigenvalue weighted by Crippen LogP contribution is -2.24. The maximum atomic E-state index is 11.8. The smallest absolute Gasteiger partial charge is 0.251 e. The van der Waals surface area contributed by atoms with E-state index in [2.05, 4.69) is 35.1 Å². The van der Waals surface area contributed by atoms with Crippen molar-refractivity contribution in [2.45, 2.75) is 39.0 Å². The Morgan fingerprint density at radius 3 is 2.39 bits per heavy atom. The molecular weight excluding hydrogens is 290 g/mol. The van der Waals surface area contributed by atoms with Gasteiger partial charge in [-0.1, -0.05) is 48.3 Å². The first kappa shape index (κ1) is 15.2. The van der Waals surface area contributed by atoms with Crippen LogP contribution in [0.25, 0.3) is 0 Å². The van der Waals surface area contributed by atoms with Crippen molar-refractivity contribution in [1.82, 2.24) is 5.32 Å². The lowest BCUT2D eigenvalue weighted by Gasteiger charge is -2.07. The quantitative estimate of drug-likeness (QED) is 0.596. The van der Waals surface area contributed by atoms with Crippen molar-refractivity contribution in [2.75, 3.05) is 11.9 Å². The minimum absolute atomic E-state index is 0.0316. The number of hydrogen-bond acceptors (Lipinski definition) is 1. The zero-order valence-electron chi connectivity index (χ0n) is 11.2. The molecule has 0 aromatic heterocycles. The molecule has 1 rings (SSSR count). The number of benzene rings is 1. The molecule has 1 aromatic rings. The van der Waals surface area contributed by atoms with E-state index in [1.165, 1.54) is 12.0 Å². The molecule has 0 bridgehead atoms. The maximum absolute atomic E-state index is 11.8.